The first kappa shape index (κ1) is 30.3. The van der Waals surface area contributed by atoms with E-state index >= 15 is 8.78 Å². The van der Waals surface area contributed by atoms with Gasteiger partial charge in [-0.1, -0.05) is 24.6 Å². The fraction of sp³-hybridized carbons (Fsp3) is 0.286. The maximum atomic E-state index is 15.6. The zero-order chi connectivity index (χ0) is 31.7. The zero-order valence-electron chi connectivity index (χ0n) is 24.9. The Labute approximate surface area is 258 Å². The van der Waals surface area contributed by atoms with E-state index in [1.165, 1.54) is 12.1 Å². The highest BCUT2D eigenvalue weighted by atomic mass is 19.1. The number of halogens is 3. The van der Waals surface area contributed by atoms with E-state index in [0.29, 0.717) is 35.6 Å². The fourth-order valence-electron chi connectivity index (χ4n) is 5.94. The number of methoxy groups -OCH3 is 1. The third-order valence-corrected chi connectivity index (χ3v) is 8.50. The number of imidazole rings is 1. The summed E-state index contributed by atoms with van der Waals surface area (Å²) in [6.45, 7) is 2.76. The molecular formula is C35H32F3N3O4. The summed E-state index contributed by atoms with van der Waals surface area (Å²) in [5.74, 6) is -2.12. The van der Waals surface area contributed by atoms with Crippen LogP contribution in [-0.2, 0) is 24.3 Å². The normalized spacial score (nSPS) is 14.0. The Kier molecular flexibility index (Phi) is 8.33. The number of rotatable bonds is 11. The summed E-state index contributed by atoms with van der Waals surface area (Å²) in [7, 11) is 1.65. The van der Waals surface area contributed by atoms with Crippen LogP contribution < -0.4 is 4.74 Å². The molecule has 1 fully saturated rings. The molecule has 1 aliphatic carbocycles. The Hall–Kier alpha value is -4.70. The number of carboxylic acid groups (broad SMARTS) is 1. The first-order valence-corrected chi connectivity index (χ1v) is 14.7. The standard InChI is InChI=1S/C35H32F3N3O4/c1-21-7-8-23(26(36)13-21)18-45-33-6-3-5-29(40-33)25-17-27(37)24(14-28(25)38)16-32-39-30-10-9-22(34(42)43)15-31(30)41(32)19-35(20-44-2)11-4-12-35/h3,5-10,13-15,17H,4,11-12,16,18-20H2,1-2H3,(H,42,43). The van der Waals surface area contributed by atoms with Gasteiger partial charge in [0, 0.05) is 42.7 Å². The van der Waals surface area contributed by atoms with E-state index in [-0.39, 0.29) is 46.7 Å². The Bertz CT molecular complexity index is 1900. The molecule has 0 atom stereocenters. The van der Waals surface area contributed by atoms with E-state index in [0.717, 1.165) is 37.0 Å². The molecule has 3 aromatic carbocycles. The van der Waals surface area contributed by atoms with Crippen molar-refractivity contribution < 1.29 is 32.5 Å². The van der Waals surface area contributed by atoms with Gasteiger partial charge in [0.1, 0.15) is 29.9 Å². The van der Waals surface area contributed by atoms with Crippen LogP contribution in [0.1, 0.15) is 52.1 Å². The number of benzene rings is 3. The van der Waals surface area contributed by atoms with E-state index in [1.54, 1.807) is 56.5 Å². The molecular weight excluding hydrogens is 583 g/mol. The number of aryl methyl sites for hydroxylation is 1. The molecule has 0 bridgehead atoms. The van der Waals surface area contributed by atoms with Crippen molar-refractivity contribution in [2.24, 2.45) is 5.41 Å². The van der Waals surface area contributed by atoms with Crippen LogP contribution in [0.15, 0.2) is 66.7 Å². The van der Waals surface area contributed by atoms with Gasteiger partial charge in [0.05, 0.1) is 28.9 Å². The molecule has 0 saturated heterocycles. The summed E-state index contributed by atoms with van der Waals surface area (Å²) >= 11 is 0. The van der Waals surface area contributed by atoms with E-state index in [4.69, 9.17) is 14.5 Å². The Morgan fingerprint density at radius 1 is 0.956 bits per heavy atom. The van der Waals surface area contributed by atoms with Gasteiger partial charge in [-0.25, -0.2) is 27.9 Å². The molecule has 1 saturated carbocycles. The number of fused-ring (bicyclic) bond motifs is 1. The molecule has 0 amide bonds. The molecule has 45 heavy (non-hydrogen) atoms. The maximum Gasteiger partial charge on any atom is 0.335 e. The second kappa shape index (κ2) is 12.4. The van der Waals surface area contributed by atoms with E-state index in [9.17, 15) is 14.3 Å². The molecule has 0 radical (unpaired) electrons. The molecule has 7 nitrogen and oxygen atoms in total. The number of carbonyl (C=O) groups is 1. The van der Waals surface area contributed by atoms with Crippen molar-refractivity contribution in [3.63, 3.8) is 0 Å². The predicted octanol–water partition coefficient (Wildman–Crippen LogP) is 7.51. The first-order chi connectivity index (χ1) is 21.6. The Morgan fingerprint density at radius 3 is 2.47 bits per heavy atom. The van der Waals surface area contributed by atoms with Crippen LogP contribution in [-0.4, -0.2) is 39.3 Å². The molecule has 1 aliphatic rings. The number of ether oxygens (including phenoxy) is 2. The number of carboxylic acids is 1. The lowest BCUT2D eigenvalue weighted by Gasteiger charge is -2.42. The van der Waals surface area contributed by atoms with Crippen molar-refractivity contribution in [1.82, 2.24) is 14.5 Å². The lowest BCUT2D eigenvalue weighted by atomic mass is 9.69. The minimum absolute atomic E-state index is 0.0120. The SMILES string of the molecule is COCC1(Cn2c(Cc3cc(F)c(-c4cccc(OCc5ccc(C)cc5F)n4)cc3F)nc3ccc(C(=O)O)cc32)CCC1. The molecule has 10 heteroatoms. The van der Waals surface area contributed by atoms with Gasteiger partial charge in [0.2, 0.25) is 5.88 Å². The van der Waals surface area contributed by atoms with Crippen LogP contribution in [0.3, 0.4) is 0 Å². The molecule has 1 N–H and O–H groups in total. The summed E-state index contributed by atoms with van der Waals surface area (Å²) in [6.07, 6.45) is 2.91. The van der Waals surface area contributed by atoms with Crippen LogP contribution in [0.25, 0.3) is 22.3 Å². The minimum atomic E-state index is -1.06. The molecule has 2 aromatic heterocycles. The first-order valence-electron chi connectivity index (χ1n) is 14.7. The third kappa shape index (κ3) is 6.28. The summed E-state index contributed by atoms with van der Waals surface area (Å²) in [4.78, 5) is 20.8. The number of pyridine rings is 1. The molecule has 0 unspecified atom stereocenters. The Balaban J connectivity index is 1.29. The van der Waals surface area contributed by atoms with Gasteiger partial charge in [0.15, 0.2) is 0 Å². The average Bonchev–Trinajstić information content (AvgIpc) is 3.33. The second-order valence-corrected chi connectivity index (χ2v) is 11.8. The maximum absolute atomic E-state index is 15.6. The molecule has 0 spiro atoms. The largest absolute Gasteiger partial charge is 0.478 e. The molecule has 0 aliphatic heterocycles. The van der Waals surface area contributed by atoms with Crippen LogP contribution in [0.5, 0.6) is 5.88 Å². The summed E-state index contributed by atoms with van der Waals surface area (Å²) in [5, 5.41) is 9.59. The summed E-state index contributed by atoms with van der Waals surface area (Å²) in [6, 6.07) is 16.5. The molecule has 232 valence electrons. The van der Waals surface area contributed by atoms with Gasteiger partial charge < -0.3 is 19.1 Å². The monoisotopic (exact) mass is 615 g/mol. The van der Waals surface area contributed by atoms with Crippen LogP contribution in [0.2, 0.25) is 0 Å². The molecule has 6 rings (SSSR count). The fourth-order valence-corrected chi connectivity index (χ4v) is 5.94. The highest BCUT2D eigenvalue weighted by molar-refractivity contribution is 5.92. The molecule has 5 aromatic rings. The van der Waals surface area contributed by atoms with Crippen LogP contribution in [0.4, 0.5) is 13.2 Å². The van der Waals surface area contributed by atoms with Gasteiger partial charge in [-0.2, -0.15) is 0 Å². The minimum Gasteiger partial charge on any atom is -0.478 e. The molecule has 2 heterocycles. The Morgan fingerprint density at radius 2 is 1.76 bits per heavy atom. The quantitative estimate of drug-likeness (QED) is 0.166. The van der Waals surface area contributed by atoms with Crippen molar-refractivity contribution in [3.8, 4) is 17.1 Å². The van der Waals surface area contributed by atoms with Gasteiger partial charge >= 0.3 is 5.97 Å². The van der Waals surface area contributed by atoms with Gasteiger partial charge in [0.25, 0.3) is 0 Å². The highest BCUT2D eigenvalue weighted by Crippen LogP contribution is 2.43. The van der Waals surface area contributed by atoms with E-state index < -0.39 is 23.4 Å². The van der Waals surface area contributed by atoms with Crippen molar-refractivity contribution in [2.45, 2.75) is 45.8 Å². The second-order valence-electron chi connectivity index (χ2n) is 11.8. The third-order valence-electron chi connectivity index (χ3n) is 8.50. The number of aromatic carboxylic acids is 1. The number of aromatic nitrogens is 3. The number of hydrogen-bond acceptors (Lipinski definition) is 5. The predicted molar refractivity (Wildman–Crippen MR) is 163 cm³/mol. The highest BCUT2D eigenvalue weighted by Gasteiger charge is 2.38. The van der Waals surface area contributed by atoms with Crippen molar-refractivity contribution in [1.29, 1.82) is 0 Å². The van der Waals surface area contributed by atoms with E-state index in [1.807, 2.05) is 4.57 Å². The van der Waals surface area contributed by atoms with Crippen molar-refractivity contribution in [3.05, 3.63) is 112 Å². The van der Waals surface area contributed by atoms with Crippen molar-refractivity contribution >= 4 is 17.0 Å². The van der Waals surface area contributed by atoms with Crippen LogP contribution >= 0.6 is 0 Å². The smallest absolute Gasteiger partial charge is 0.335 e. The zero-order valence-corrected chi connectivity index (χ0v) is 24.9. The number of hydrogen-bond donors (Lipinski definition) is 1. The summed E-state index contributed by atoms with van der Waals surface area (Å²) < 4.78 is 58.5. The van der Waals surface area contributed by atoms with E-state index in [2.05, 4.69) is 4.98 Å². The lowest BCUT2D eigenvalue weighted by molar-refractivity contribution is 0.00371. The lowest BCUT2D eigenvalue weighted by Crippen LogP contribution is -2.38. The van der Waals surface area contributed by atoms with Gasteiger partial charge in [-0.3, -0.25) is 0 Å². The number of nitrogens with zero attached hydrogens (tertiary/aromatic N) is 3. The summed E-state index contributed by atoms with van der Waals surface area (Å²) in [5.41, 5.74) is 2.53. The van der Waals surface area contributed by atoms with Crippen LogP contribution in [0, 0.1) is 29.8 Å². The van der Waals surface area contributed by atoms with Crippen molar-refractivity contribution in [2.75, 3.05) is 13.7 Å². The van der Waals surface area contributed by atoms with Gasteiger partial charge in [-0.15, -0.1) is 0 Å². The topological polar surface area (TPSA) is 86.5 Å². The average molecular weight is 616 g/mol. The van der Waals surface area contributed by atoms with Gasteiger partial charge in [-0.05, 0) is 73.4 Å².